The first kappa shape index (κ1) is 31.8. The average molecular weight is 737 g/mol. The van der Waals surface area contributed by atoms with Crippen LogP contribution in [0, 0.1) is 29.1 Å². The highest BCUT2D eigenvalue weighted by atomic mass is 35.5. The topological polar surface area (TPSA) is 27.6 Å². The molecule has 0 unspecified atom stereocenters. The van der Waals surface area contributed by atoms with E-state index in [4.69, 9.17) is 22.4 Å². The van der Waals surface area contributed by atoms with Crippen LogP contribution in [0.5, 0.6) is 0 Å². The van der Waals surface area contributed by atoms with Gasteiger partial charge in [-0.3, -0.25) is 0 Å². The van der Waals surface area contributed by atoms with Crippen LogP contribution >= 0.6 is 0 Å². The van der Waals surface area contributed by atoms with Gasteiger partial charge in [-0.2, -0.15) is 0 Å². The summed E-state index contributed by atoms with van der Waals surface area (Å²) < 4.78 is 0. The monoisotopic (exact) mass is 735 g/mol. The highest BCUT2D eigenvalue weighted by Crippen LogP contribution is 2.66. The van der Waals surface area contributed by atoms with E-state index in [0.717, 1.165) is 35.1 Å². The standard InChI is InChI=1S/C15H25N.ClH.S15/c16-14-1-3-15(4-2-14)12-6-10-5-11(8-12)9-13(15)7-10;;1-3-5-7-9-11-13-15-14-12-10-8-6-4-2/h10-14H,1-9,16H2;1H;. The zero-order chi connectivity index (χ0) is 21.9. The maximum atomic E-state index is 4.72. The second-order valence-corrected chi connectivity index (χ2v) is 31.4. The van der Waals surface area contributed by atoms with Crippen LogP contribution in [0.1, 0.15) is 57.8 Å². The number of rotatable bonds is 0. The Kier molecular flexibility index (Phi) is 17.8. The Bertz CT molecular complexity index is 1100. The third-order valence-electron chi connectivity index (χ3n) is 7.13. The predicted molar refractivity (Wildman–Crippen MR) is 175 cm³/mol. The van der Waals surface area contributed by atoms with Crippen LogP contribution in [0.2, 0.25) is 0 Å². The summed E-state index contributed by atoms with van der Waals surface area (Å²) in [7, 11) is 21.7. The van der Waals surface area contributed by atoms with E-state index in [9.17, 15) is 0 Å². The molecule has 0 saturated heterocycles. The lowest BCUT2D eigenvalue weighted by atomic mass is 9.42. The molecule has 5 fully saturated rings. The van der Waals surface area contributed by atoms with Crippen molar-refractivity contribution in [1.29, 1.82) is 0 Å². The van der Waals surface area contributed by atoms with Crippen molar-refractivity contribution in [2.45, 2.75) is 63.8 Å². The van der Waals surface area contributed by atoms with Crippen LogP contribution in [0.3, 0.4) is 0 Å². The highest BCUT2D eigenvalue weighted by molar-refractivity contribution is 8.76. The molecule has 0 aliphatic heterocycles. The van der Waals surface area contributed by atoms with Crippen LogP contribution in [0.25, 0.3) is 0 Å². The number of quaternary nitrogens is 1. The molecule has 3 N–H and O–H groups in total. The van der Waals surface area contributed by atoms with Gasteiger partial charge in [0.1, 0.15) is 0 Å². The van der Waals surface area contributed by atoms with E-state index in [0.29, 0.717) is 0 Å². The molecule has 17 heteroatoms. The molecule has 0 aromatic carbocycles. The Balaban J connectivity index is 0.000000221. The van der Waals surface area contributed by atoms with Crippen molar-refractivity contribution in [3.63, 3.8) is 0 Å². The molecule has 5 rings (SSSR count). The minimum Gasteiger partial charge on any atom is -1.00 e. The Morgan fingerprint density at radius 1 is 0.562 bits per heavy atom. The summed E-state index contributed by atoms with van der Waals surface area (Å²) in [5.74, 6) is 4.56. The van der Waals surface area contributed by atoms with Gasteiger partial charge in [-0.05, 0) is 86.9 Å². The Hall–Kier alpha value is 3.55. The van der Waals surface area contributed by atoms with Crippen molar-refractivity contribution in [1.82, 2.24) is 0 Å². The minimum atomic E-state index is 0. The van der Waals surface area contributed by atoms with Gasteiger partial charge in [-0.25, -0.2) is 0 Å². The fourth-order valence-electron chi connectivity index (χ4n) is 6.28. The summed E-state index contributed by atoms with van der Waals surface area (Å²) in [6.07, 6.45) is 14.0. The Morgan fingerprint density at radius 3 is 1.25 bits per heavy atom. The van der Waals surface area contributed by atoms with E-state index in [2.05, 4.69) is 5.73 Å². The molecule has 0 aromatic heterocycles. The molecule has 32 heavy (non-hydrogen) atoms. The molecule has 4 bridgehead atoms. The van der Waals surface area contributed by atoms with E-state index in [1.807, 2.05) is 0 Å². The van der Waals surface area contributed by atoms with Crippen molar-refractivity contribution in [3.8, 4) is 0 Å². The van der Waals surface area contributed by atoms with Crippen molar-refractivity contribution in [2.75, 3.05) is 0 Å². The average Bonchev–Trinajstić information content (AvgIpc) is 2.77. The molecule has 0 radical (unpaired) electrons. The van der Waals surface area contributed by atoms with Gasteiger partial charge in [0.15, 0.2) is 0 Å². The molecule has 5 aliphatic carbocycles. The van der Waals surface area contributed by atoms with Crippen molar-refractivity contribution in [2.24, 2.45) is 29.1 Å². The van der Waals surface area contributed by atoms with Crippen molar-refractivity contribution < 1.29 is 18.1 Å². The fourth-order valence-corrected chi connectivity index (χ4v) is 36.5. The molecular formula is C15H26ClNS15. The molecule has 0 atom stereocenters. The van der Waals surface area contributed by atoms with E-state index in [1.165, 1.54) is 43.4 Å². The van der Waals surface area contributed by atoms with Crippen LogP contribution in [0.4, 0.5) is 0 Å². The summed E-state index contributed by atoms with van der Waals surface area (Å²) in [5, 5.41) is 0. The largest absolute Gasteiger partial charge is 1.00 e. The molecule has 0 aromatic rings. The summed E-state index contributed by atoms with van der Waals surface area (Å²) >= 11 is 9.45. The summed E-state index contributed by atoms with van der Waals surface area (Å²) in [6, 6.07) is 0.780. The maximum absolute atomic E-state index is 4.72. The summed E-state index contributed by atoms with van der Waals surface area (Å²) in [5.41, 5.74) is 5.11. The molecule has 1 nitrogen and oxygen atoms in total. The third kappa shape index (κ3) is 10.0. The molecule has 0 heterocycles. The minimum absolute atomic E-state index is 0. The van der Waals surface area contributed by atoms with Crippen LogP contribution < -0.4 is 18.1 Å². The van der Waals surface area contributed by atoms with Gasteiger partial charge in [0.05, 0.1) is 6.04 Å². The van der Waals surface area contributed by atoms with E-state index in [-0.39, 0.29) is 12.4 Å². The van der Waals surface area contributed by atoms with Gasteiger partial charge in [-0.15, -0.1) is 0 Å². The van der Waals surface area contributed by atoms with Crippen molar-refractivity contribution >= 4 is 138 Å². The van der Waals surface area contributed by atoms with Gasteiger partial charge in [-0.1, -0.05) is 0 Å². The van der Waals surface area contributed by atoms with Gasteiger partial charge in [0, 0.05) is 138 Å². The number of hydrogen-bond acceptors (Lipinski definition) is 2. The summed E-state index contributed by atoms with van der Waals surface area (Å²) in [6.45, 7) is 0. The van der Waals surface area contributed by atoms with Crippen molar-refractivity contribution in [3.05, 3.63) is 0 Å². The normalized spacial score (nSPS) is 33.1. The Labute approximate surface area is 245 Å². The SMILES string of the molecule is S=S=S=S=S=S=S=S=S=S=S=S=S=S=S.[Cl-].[NH3+]C1CCC2(CC1)C1CC3CC(C1)CC2C3. The Morgan fingerprint density at radius 2 is 0.906 bits per heavy atom. The highest BCUT2D eigenvalue weighted by Gasteiger charge is 2.57. The first-order valence-electron chi connectivity index (χ1n) is 9.93. The second-order valence-electron chi connectivity index (χ2n) is 8.37. The van der Waals surface area contributed by atoms with Gasteiger partial charge >= 0.3 is 0 Å². The lowest BCUT2D eigenvalue weighted by molar-refractivity contribution is -0.430. The van der Waals surface area contributed by atoms with Gasteiger partial charge in [0.2, 0.25) is 0 Å². The number of hydrogen-bond donors (Lipinski definition) is 1. The lowest BCUT2D eigenvalue weighted by Crippen LogP contribution is -3.00. The first-order valence-corrected chi connectivity index (χ1v) is 28.6. The van der Waals surface area contributed by atoms with Gasteiger partial charge in [0.25, 0.3) is 0 Å². The third-order valence-corrected chi connectivity index (χ3v) is 33.8. The quantitative estimate of drug-likeness (QED) is 0.367. The van der Waals surface area contributed by atoms with E-state index >= 15 is 0 Å². The van der Waals surface area contributed by atoms with Crippen LogP contribution in [-0.2, 0) is 138 Å². The van der Waals surface area contributed by atoms with Gasteiger partial charge < -0.3 is 18.1 Å². The molecule has 5 saturated carbocycles. The lowest BCUT2D eigenvalue weighted by Gasteiger charge is -2.63. The fraction of sp³-hybridized carbons (Fsp3) is 1.00. The smallest absolute Gasteiger partial charge is 0.0844 e. The zero-order valence-corrected chi connectivity index (χ0v) is 30.0. The molecule has 0 amide bonds. The summed E-state index contributed by atoms with van der Waals surface area (Å²) in [4.78, 5) is 0. The maximum Gasteiger partial charge on any atom is 0.0844 e. The predicted octanol–water partition coefficient (Wildman–Crippen LogP) is -0.419. The van der Waals surface area contributed by atoms with E-state index in [1.54, 1.807) is 130 Å². The first-order chi connectivity index (χ1) is 15.2. The van der Waals surface area contributed by atoms with E-state index < -0.39 is 0 Å². The van der Waals surface area contributed by atoms with Crippen LogP contribution in [0.15, 0.2) is 0 Å². The molecule has 5 aliphatic rings. The van der Waals surface area contributed by atoms with Crippen LogP contribution in [-0.4, -0.2) is 6.04 Å². The molecular weight excluding hydrogens is 711 g/mol. The number of halogens is 1. The zero-order valence-electron chi connectivity index (χ0n) is 17.0. The molecule has 188 valence electrons. The second kappa shape index (κ2) is 17.9. The molecule has 1 spiro atoms.